The van der Waals surface area contributed by atoms with Gasteiger partial charge in [0.2, 0.25) is 5.88 Å². The van der Waals surface area contributed by atoms with Crippen molar-refractivity contribution in [1.82, 2.24) is 14.7 Å². The van der Waals surface area contributed by atoms with E-state index in [0.29, 0.717) is 28.9 Å². The number of benzene rings is 4. The van der Waals surface area contributed by atoms with Crippen LogP contribution in [0.2, 0.25) is 5.02 Å². The fourth-order valence-electron chi connectivity index (χ4n) is 4.21. The van der Waals surface area contributed by atoms with E-state index >= 15 is 0 Å². The van der Waals surface area contributed by atoms with E-state index in [9.17, 15) is 9.18 Å². The van der Waals surface area contributed by atoms with Crippen LogP contribution in [0.15, 0.2) is 109 Å². The van der Waals surface area contributed by atoms with Gasteiger partial charge in [-0.05, 0) is 61.0 Å². The zero-order chi connectivity index (χ0) is 26.5. The Bertz CT molecular complexity index is 1550. The van der Waals surface area contributed by atoms with Crippen LogP contribution in [0.3, 0.4) is 0 Å². The molecule has 1 aromatic heterocycles. The van der Waals surface area contributed by atoms with E-state index in [1.54, 1.807) is 27.8 Å². The van der Waals surface area contributed by atoms with Crippen LogP contribution in [0.25, 0.3) is 5.69 Å². The maximum Gasteiger partial charge on any atom is 0.254 e. The van der Waals surface area contributed by atoms with Gasteiger partial charge in [0.15, 0.2) is 0 Å². The molecule has 0 bridgehead atoms. The summed E-state index contributed by atoms with van der Waals surface area (Å²) in [4.78, 5) is 15.4. The fourth-order valence-corrected chi connectivity index (χ4v) is 4.39. The third-order valence-corrected chi connectivity index (χ3v) is 6.31. The molecule has 0 saturated heterocycles. The lowest BCUT2D eigenvalue weighted by Gasteiger charge is -2.24. The third kappa shape index (κ3) is 5.76. The van der Waals surface area contributed by atoms with Gasteiger partial charge in [-0.3, -0.25) is 4.79 Å². The van der Waals surface area contributed by atoms with Crippen molar-refractivity contribution in [2.75, 3.05) is 0 Å². The predicted molar refractivity (Wildman–Crippen MR) is 146 cm³/mol. The van der Waals surface area contributed by atoms with Crippen LogP contribution in [-0.2, 0) is 13.1 Å². The van der Waals surface area contributed by atoms with E-state index < -0.39 is 5.82 Å². The highest BCUT2D eigenvalue weighted by Crippen LogP contribution is 2.33. The lowest BCUT2D eigenvalue weighted by atomic mass is 10.1. The molecule has 0 aliphatic heterocycles. The summed E-state index contributed by atoms with van der Waals surface area (Å²) in [6.07, 6.45) is 0. The highest BCUT2D eigenvalue weighted by atomic mass is 35.5. The first-order valence-electron chi connectivity index (χ1n) is 12.1. The number of halogens is 2. The van der Waals surface area contributed by atoms with Gasteiger partial charge in [0.05, 0.1) is 23.5 Å². The van der Waals surface area contributed by atoms with Crippen molar-refractivity contribution >= 4 is 17.5 Å². The Morgan fingerprint density at radius 3 is 2.32 bits per heavy atom. The topological polar surface area (TPSA) is 47.4 Å². The van der Waals surface area contributed by atoms with Gasteiger partial charge in [-0.1, -0.05) is 72.3 Å². The second-order valence-electron chi connectivity index (χ2n) is 8.83. The van der Waals surface area contributed by atoms with Gasteiger partial charge in [0.1, 0.15) is 11.6 Å². The molecule has 0 radical (unpaired) electrons. The quantitative estimate of drug-likeness (QED) is 0.209. The van der Waals surface area contributed by atoms with E-state index in [2.05, 4.69) is 0 Å². The molecule has 0 spiro atoms. The minimum atomic E-state index is -0.464. The summed E-state index contributed by atoms with van der Waals surface area (Å²) >= 11 is 6.29. The summed E-state index contributed by atoms with van der Waals surface area (Å²) in [6.45, 7) is 2.39. The minimum absolute atomic E-state index is 0.193. The van der Waals surface area contributed by atoms with Crippen molar-refractivity contribution in [2.45, 2.75) is 20.0 Å². The molecule has 0 fully saturated rings. The maximum atomic E-state index is 14.0. The summed E-state index contributed by atoms with van der Waals surface area (Å²) in [5, 5.41) is 5.32. The highest BCUT2D eigenvalue weighted by molar-refractivity contribution is 6.30. The number of ether oxygens (including phenoxy) is 1. The Morgan fingerprint density at radius 1 is 0.895 bits per heavy atom. The second kappa shape index (κ2) is 11.3. The zero-order valence-corrected chi connectivity index (χ0v) is 21.5. The van der Waals surface area contributed by atoms with Crippen LogP contribution >= 0.6 is 11.6 Å². The summed E-state index contributed by atoms with van der Waals surface area (Å²) in [5.41, 5.74) is 3.37. The maximum absolute atomic E-state index is 14.0. The Balaban J connectivity index is 1.59. The van der Waals surface area contributed by atoms with Gasteiger partial charge >= 0.3 is 0 Å². The van der Waals surface area contributed by atoms with Gasteiger partial charge in [-0.25, -0.2) is 9.07 Å². The van der Waals surface area contributed by atoms with Crippen molar-refractivity contribution in [2.24, 2.45) is 0 Å². The average molecular weight is 526 g/mol. The molecule has 38 heavy (non-hydrogen) atoms. The number of rotatable bonds is 8. The third-order valence-electron chi connectivity index (χ3n) is 6.07. The Hall–Kier alpha value is -4.42. The first kappa shape index (κ1) is 25.2. The summed E-state index contributed by atoms with van der Waals surface area (Å²) in [7, 11) is 0. The number of para-hydroxylation sites is 1. The molecule has 0 aliphatic rings. The summed E-state index contributed by atoms with van der Waals surface area (Å²) in [5.74, 6) is 0.339. The molecule has 5 rings (SSSR count). The van der Waals surface area contributed by atoms with Crippen molar-refractivity contribution in [3.05, 3.63) is 142 Å². The molecule has 0 atom stereocenters. The smallest absolute Gasteiger partial charge is 0.254 e. The van der Waals surface area contributed by atoms with Crippen LogP contribution < -0.4 is 4.74 Å². The number of hydrogen-bond donors (Lipinski definition) is 0. The van der Waals surface area contributed by atoms with E-state index in [1.165, 1.54) is 18.2 Å². The molecule has 4 aromatic carbocycles. The van der Waals surface area contributed by atoms with Crippen LogP contribution in [0.4, 0.5) is 4.39 Å². The molecule has 7 heteroatoms. The van der Waals surface area contributed by atoms with Gasteiger partial charge in [0.25, 0.3) is 5.91 Å². The van der Waals surface area contributed by atoms with Gasteiger partial charge in [-0.2, -0.15) is 5.10 Å². The number of amides is 1. The lowest BCUT2D eigenvalue weighted by molar-refractivity contribution is 0.0728. The minimum Gasteiger partial charge on any atom is -0.439 e. The number of carbonyl (C=O) groups excluding carboxylic acids is 1. The number of nitrogens with zero attached hydrogens (tertiary/aromatic N) is 3. The number of carbonyl (C=O) groups is 1. The SMILES string of the molecule is Cc1nn(-c2cccc(Cl)c2)c(Oc2ccccc2)c1CN(Cc1ccccc1)C(=O)c1cccc(F)c1. The van der Waals surface area contributed by atoms with Crippen molar-refractivity contribution in [3.8, 4) is 17.3 Å². The van der Waals surface area contributed by atoms with Crippen LogP contribution in [0.1, 0.15) is 27.2 Å². The summed E-state index contributed by atoms with van der Waals surface area (Å²) in [6, 6.07) is 32.1. The predicted octanol–water partition coefficient (Wildman–Crippen LogP) is 7.61. The van der Waals surface area contributed by atoms with Gasteiger partial charge in [-0.15, -0.1) is 0 Å². The summed E-state index contributed by atoms with van der Waals surface area (Å²) < 4.78 is 22.1. The first-order valence-corrected chi connectivity index (χ1v) is 12.5. The van der Waals surface area contributed by atoms with E-state index in [1.807, 2.05) is 79.7 Å². The van der Waals surface area contributed by atoms with Crippen molar-refractivity contribution in [1.29, 1.82) is 0 Å². The molecule has 0 N–H and O–H groups in total. The zero-order valence-electron chi connectivity index (χ0n) is 20.7. The Labute approximate surface area is 225 Å². The molecule has 0 unspecified atom stereocenters. The second-order valence-corrected chi connectivity index (χ2v) is 9.27. The molecular weight excluding hydrogens is 501 g/mol. The molecular formula is C31H25ClFN3O2. The van der Waals surface area contributed by atoms with Crippen molar-refractivity contribution in [3.63, 3.8) is 0 Å². The molecule has 0 saturated carbocycles. The van der Waals surface area contributed by atoms with Crippen LogP contribution in [0, 0.1) is 12.7 Å². The normalized spacial score (nSPS) is 10.8. The fraction of sp³-hybridized carbons (Fsp3) is 0.0968. The largest absolute Gasteiger partial charge is 0.439 e. The lowest BCUT2D eigenvalue weighted by Crippen LogP contribution is -2.30. The van der Waals surface area contributed by atoms with Crippen molar-refractivity contribution < 1.29 is 13.9 Å². The highest BCUT2D eigenvalue weighted by Gasteiger charge is 2.25. The molecule has 1 amide bonds. The molecule has 190 valence electrons. The van der Waals surface area contributed by atoms with E-state index in [4.69, 9.17) is 21.4 Å². The standard InChI is InChI=1S/C31H25ClFN3O2/c1-22-29(21-35(20-23-10-4-2-5-11-23)30(37)24-12-8-14-26(33)18-24)31(38-28-16-6-3-7-17-28)36(34-22)27-15-9-13-25(32)19-27/h2-19H,20-21H2,1H3. The van der Waals surface area contributed by atoms with Gasteiger partial charge in [0, 0.05) is 17.1 Å². The molecule has 1 heterocycles. The molecule has 5 aromatic rings. The molecule has 0 aliphatic carbocycles. The monoisotopic (exact) mass is 525 g/mol. The van der Waals surface area contributed by atoms with E-state index in [0.717, 1.165) is 16.8 Å². The average Bonchev–Trinajstić information content (AvgIpc) is 3.23. The Kier molecular flexibility index (Phi) is 7.52. The number of aryl methyl sites for hydroxylation is 1. The van der Waals surface area contributed by atoms with Gasteiger partial charge < -0.3 is 9.64 Å². The van der Waals surface area contributed by atoms with Crippen LogP contribution in [-0.4, -0.2) is 20.6 Å². The van der Waals surface area contributed by atoms with Crippen LogP contribution in [0.5, 0.6) is 11.6 Å². The van der Waals surface area contributed by atoms with E-state index in [-0.39, 0.29) is 18.0 Å². The number of hydrogen-bond acceptors (Lipinski definition) is 3. The number of aromatic nitrogens is 2. The Morgan fingerprint density at radius 2 is 1.61 bits per heavy atom. The molecule has 5 nitrogen and oxygen atoms in total. The first-order chi connectivity index (χ1) is 18.5.